The molecule has 2 aromatic rings. The molecule has 0 bridgehead atoms. The molecule has 10 nitrogen and oxygen atoms in total. The smallest absolute Gasteiger partial charge is 0.279 e. The van der Waals surface area contributed by atoms with Crippen LogP contribution in [0.25, 0.3) is 10.8 Å². The van der Waals surface area contributed by atoms with Crippen LogP contribution >= 0.6 is 15.2 Å². The van der Waals surface area contributed by atoms with Gasteiger partial charge < -0.3 is 0 Å². The van der Waals surface area contributed by atoms with Crippen LogP contribution in [-0.2, 0) is 9.13 Å². The summed E-state index contributed by atoms with van der Waals surface area (Å²) < 4.78 is 22.5. The van der Waals surface area contributed by atoms with Gasteiger partial charge in [0.25, 0.3) is 11.8 Å². The van der Waals surface area contributed by atoms with Crippen LogP contribution in [0.5, 0.6) is 0 Å². The quantitative estimate of drug-likeness (QED) is 0.414. The van der Waals surface area contributed by atoms with E-state index in [2.05, 4.69) is 0 Å². The Bertz CT molecular complexity index is 844. The molecule has 12 heteroatoms. The molecule has 0 fully saturated rings. The standard InChI is InChI=1S/C12H16N6O4P2/c13-23(14,21)17-11(19)9-3-1-7-5-10(4-2-8(7)6-9)12(20)18-24(15,16)22/h1-6H,(H5,13,14,17,19,21)(H5,15,16,18,20,22). The number of carbonyl (C=O) groups excluding carboxylic acids is 2. The number of fused-ring (bicyclic) bond motifs is 1. The van der Waals surface area contributed by atoms with E-state index >= 15 is 0 Å². The molecule has 0 unspecified atom stereocenters. The van der Waals surface area contributed by atoms with Gasteiger partial charge in [0.2, 0.25) is 0 Å². The van der Waals surface area contributed by atoms with E-state index in [0.29, 0.717) is 10.8 Å². The van der Waals surface area contributed by atoms with Crippen molar-refractivity contribution in [3.63, 3.8) is 0 Å². The predicted octanol–water partition coefficient (Wildman–Crippen LogP) is 0.350. The van der Waals surface area contributed by atoms with Crippen molar-refractivity contribution in [3.05, 3.63) is 47.5 Å². The molecule has 0 aliphatic rings. The minimum Gasteiger partial charge on any atom is -0.279 e. The molecule has 0 aromatic heterocycles. The Morgan fingerprint density at radius 2 is 1.04 bits per heavy atom. The molecule has 2 rings (SSSR count). The van der Waals surface area contributed by atoms with Crippen molar-refractivity contribution >= 4 is 37.8 Å². The van der Waals surface area contributed by atoms with E-state index in [-0.39, 0.29) is 11.1 Å². The van der Waals surface area contributed by atoms with Gasteiger partial charge in [0.05, 0.1) is 0 Å². The summed E-state index contributed by atoms with van der Waals surface area (Å²) in [6, 6.07) is 9.07. The van der Waals surface area contributed by atoms with Gasteiger partial charge in [-0.1, -0.05) is 12.1 Å². The van der Waals surface area contributed by atoms with Crippen LogP contribution in [0.1, 0.15) is 20.7 Å². The monoisotopic (exact) mass is 370 g/mol. The molecule has 0 spiro atoms. The van der Waals surface area contributed by atoms with Crippen LogP contribution in [-0.4, -0.2) is 11.8 Å². The SMILES string of the molecule is NP(N)(=O)NC(=O)c1ccc2cc(C(=O)NP(N)(N)=O)ccc2c1. The van der Waals surface area contributed by atoms with Crippen molar-refractivity contribution in [2.75, 3.05) is 0 Å². The molecule has 0 saturated heterocycles. The zero-order chi connectivity index (χ0) is 18.1. The maximum Gasteiger partial charge on any atom is 0.300 e. The van der Waals surface area contributed by atoms with Gasteiger partial charge in [-0.3, -0.25) is 50.9 Å². The Labute approximate surface area is 137 Å². The van der Waals surface area contributed by atoms with Crippen LogP contribution < -0.4 is 32.2 Å². The van der Waals surface area contributed by atoms with Gasteiger partial charge in [0.15, 0.2) is 0 Å². The van der Waals surface area contributed by atoms with E-state index in [1.807, 2.05) is 10.2 Å². The molecule has 10 N–H and O–H groups in total. The van der Waals surface area contributed by atoms with Crippen molar-refractivity contribution in [2.24, 2.45) is 22.0 Å². The van der Waals surface area contributed by atoms with Gasteiger partial charge in [-0.2, -0.15) is 0 Å². The van der Waals surface area contributed by atoms with Crippen molar-refractivity contribution in [1.29, 1.82) is 0 Å². The summed E-state index contributed by atoms with van der Waals surface area (Å²) >= 11 is 0. The van der Waals surface area contributed by atoms with Crippen molar-refractivity contribution in [1.82, 2.24) is 10.2 Å². The third-order valence-electron chi connectivity index (χ3n) is 2.92. The molecule has 0 heterocycles. The number of hydrogen-bond acceptors (Lipinski definition) is 4. The fourth-order valence-corrected chi connectivity index (χ4v) is 2.87. The minimum atomic E-state index is -3.69. The Hall–Kier alpha value is -2.06. The number of rotatable bonds is 4. The summed E-state index contributed by atoms with van der Waals surface area (Å²) in [4.78, 5) is 23.7. The average Bonchev–Trinajstić information content (AvgIpc) is 2.42. The van der Waals surface area contributed by atoms with Crippen LogP contribution in [0.3, 0.4) is 0 Å². The van der Waals surface area contributed by atoms with E-state index in [1.165, 1.54) is 24.3 Å². The van der Waals surface area contributed by atoms with Crippen LogP contribution in [0.15, 0.2) is 36.4 Å². The molecule has 0 aliphatic carbocycles. The lowest BCUT2D eigenvalue weighted by Gasteiger charge is -2.11. The Kier molecular flexibility index (Phi) is 4.91. The van der Waals surface area contributed by atoms with E-state index in [9.17, 15) is 18.7 Å². The summed E-state index contributed by atoms with van der Waals surface area (Å²) in [5.74, 6) is -1.36. The molecular formula is C12H16N6O4P2. The summed E-state index contributed by atoms with van der Waals surface area (Å²) in [5, 5.41) is 5.27. The van der Waals surface area contributed by atoms with Crippen molar-refractivity contribution in [2.45, 2.75) is 0 Å². The second kappa shape index (κ2) is 6.45. The molecule has 0 saturated carbocycles. The number of carbonyl (C=O) groups is 2. The van der Waals surface area contributed by atoms with Gasteiger partial charge in [0, 0.05) is 11.1 Å². The molecular weight excluding hydrogens is 354 g/mol. The molecule has 0 aliphatic heterocycles. The van der Waals surface area contributed by atoms with Crippen molar-refractivity contribution in [3.8, 4) is 0 Å². The van der Waals surface area contributed by atoms with Gasteiger partial charge in [-0.25, -0.2) is 0 Å². The zero-order valence-electron chi connectivity index (χ0n) is 12.3. The molecule has 2 amide bonds. The van der Waals surface area contributed by atoms with Gasteiger partial charge in [-0.15, -0.1) is 0 Å². The first-order valence-electron chi connectivity index (χ1n) is 6.48. The number of benzene rings is 2. The van der Waals surface area contributed by atoms with E-state index in [0.717, 1.165) is 0 Å². The predicted molar refractivity (Wildman–Crippen MR) is 90.8 cm³/mol. The number of amides is 2. The minimum absolute atomic E-state index is 0.198. The second-order valence-corrected chi connectivity index (χ2v) is 8.36. The lowest BCUT2D eigenvalue weighted by atomic mass is 10.0. The molecule has 0 atom stereocenters. The number of nitrogens with two attached hydrogens (primary N) is 4. The zero-order valence-corrected chi connectivity index (χ0v) is 14.1. The summed E-state index contributed by atoms with van der Waals surface area (Å²) in [5.41, 5.74) is 20.8. The first-order chi connectivity index (χ1) is 10.9. The lowest BCUT2D eigenvalue weighted by molar-refractivity contribution is 0.0971. The third-order valence-corrected chi connectivity index (χ3v) is 4.02. The normalized spacial score (nSPS) is 12.0. The molecule has 24 heavy (non-hydrogen) atoms. The maximum atomic E-state index is 11.9. The topological polar surface area (TPSA) is 196 Å². The summed E-state index contributed by atoms with van der Waals surface area (Å²) in [6.45, 7) is 0. The molecule has 128 valence electrons. The Morgan fingerprint density at radius 3 is 1.33 bits per heavy atom. The first-order valence-corrected chi connectivity index (χ1v) is 10.2. The van der Waals surface area contributed by atoms with E-state index in [1.54, 1.807) is 12.1 Å². The van der Waals surface area contributed by atoms with Crippen LogP contribution in [0, 0.1) is 0 Å². The number of hydrogen-bond donors (Lipinski definition) is 6. The van der Waals surface area contributed by atoms with Gasteiger partial charge in [0.1, 0.15) is 0 Å². The summed E-state index contributed by atoms with van der Waals surface area (Å²) in [6.07, 6.45) is 0. The number of nitrogens with one attached hydrogen (secondary N) is 2. The maximum absolute atomic E-state index is 11.9. The third kappa shape index (κ3) is 4.97. The first kappa shape index (κ1) is 18.3. The average molecular weight is 370 g/mol. The largest absolute Gasteiger partial charge is 0.300 e. The highest BCUT2D eigenvalue weighted by Gasteiger charge is 2.17. The highest BCUT2D eigenvalue weighted by molar-refractivity contribution is 7.58. The van der Waals surface area contributed by atoms with Gasteiger partial charge in [-0.05, 0) is 35.0 Å². The second-order valence-electron chi connectivity index (χ2n) is 5.08. The van der Waals surface area contributed by atoms with Crippen molar-refractivity contribution < 1.29 is 18.7 Å². The van der Waals surface area contributed by atoms with Crippen LogP contribution in [0.4, 0.5) is 0 Å². The van der Waals surface area contributed by atoms with E-state index in [4.69, 9.17) is 22.0 Å². The fraction of sp³-hybridized carbons (Fsp3) is 0. The Morgan fingerprint density at radius 1 is 0.708 bits per heavy atom. The van der Waals surface area contributed by atoms with Crippen LogP contribution in [0.2, 0.25) is 0 Å². The van der Waals surface area contributed by atoms with E-state index < -0.39 is 27.0 Å². The summed E-state index contributed by atoms with van der Waals surface area (Å²) in [7, 11) is -7.38. The highest BCUT2D eigenvalue weighted by Crippen LogP contribution is 2.23. The molecule has 0 radical (unpaired) electrons. The molecule has 2 aromatic carbocycles. The fourth-order valence-electron chi connectivity index (χ4n) is 1.97. The van der Waals surface area contributed by atoms with Gasteiger partial charge >= 0.3 is 15.2 Å². The Balaban J connectivity index is 2.32. The lowest BCUT2D eigenvalue weighted by Crippen LogP contribution is -2.28. The highest BCUT2D eigenvalue weighted by atomic mass is 31.2.